The Balaban J connectivity index is 2.60. The molecule has 1 aromatic carbocycles. The van der Waals surface area contributed by atoms with Gasteiger partial charge in [0.1, 0.15) is 16.1 Å². The van der Waals surface area contributed by atoms with E-state index in [2.05, 4.69) is 9.97 Å². The van der Waals surface area contributed by atoms with Crippen LogP contribution in [0.5, 0.6) is 11.5 Å². The molecule has 4 nitrogen and oxygen atoms in total. The first kappa shape index (κ1) is 11.6. The van der Waals surface area contributed by atoms with E-state index in [4.69, 9.17) is 21.7 Å². The molecule has 1 N–H and O–H groups in total. The monoisotopic (exact) mass is 248 g/mol. The van der Waals surface area contributed by atoms with Gasteiger partial charge >= 0.3 is 0 Å². The van der Waals surface area contributed by atoms with Crippen molar-refractivity contribution in [2.24, 2.45) is 0 Å². The van der Waals surface area contributed by atoms with E-state index in [1.807, 2.05) is 18.2 Å². The van der Waals surface area contributed by atoms with Gasteiger partial charge in [0.25, 0.3) is 0 Å². The number of hydrogen-bond acceptors (Lipinski definition) is 4. The lowest BCUT2D eigenvalue weighted by Crippen LogP contribution is -1.92. The van der Waals surface area contributed by atoms with Crippen molar-refractivity contribution in [3.63, 3.8) is 0 Å². The van der Waals surface area contributed by atoms with Crippen LogP contribution in [0, 0.1) is 4.64 Å². The van der Waals surface area contributed by atoms with E-state index >= 15 is 0 Å². The van der Waals surface area contributed by atoms with E-state index in [-0.39, 0.29) is 0 Å². The summed E-state index contributed by atoms with van der Waals surface area (Å²) in [5.74, 6) is 1.45. The molecule has 2 rings (SSSR count). The highest BCUT2D eigenvalue weighted by molar-refractivity contribution is 7.71. The Hall–Kier alpha value is -1.88. The second kappa shape index (κ2) is 4.97. The SMILES string of the molecule is COc1ccc(-c2cnc[nH]c2=S)c(OC)c1. The number of nitrogens with one attached hydrogen (secondary N) is 1. The van der Waals surface area contributed by atoms with Gasteiger partial charge < -0.3 is 14.5 Å². The van der Waals surface area contributed by atoms with Crippen molar-refractivity contribution in [2.45, 2.75) is 0 Å². The molecule has 0 amide bonds. The highest BCUT2D eigenvalue weighted by Crippen LogP contribution is 2.32. The lowest BCUT2D eigenvalue weighted by Gasteiger charge is -2.10. The number of benzene rings is 1. The molecule has 0 spiro atoms. The Kier molecular flexibility index (Phi) is 3.39. The van der Waals surface area contributed by atoms with E-state index < -0.39 is 0 Å². The van der Waals surface area contributed by atoms with Crippen molar-refractivity contribution < 1.29 is 9.47 Å². The zero-order chi connectivity index (χ0) is 12.3. The van der Waals surface area contributed by atoms with Crippen LogP contribution in [0.25, 0.3) is 11.1 Å². The van der Waals surface area contributed by atoms with Crippen LogP contribution in [0.1, 0.15) is 0 Å². The Morgan fingerprint density at radius 2 is 2.00 bits per heavy atom. The van der Waals surface area contributed by atoms with Gasteiger partial charge in [-0.3, -0.25) is 0 Å². The van der Waals surface area contributed by atoms with Crippen LogP contribution >= 0.6 is 12.2 Å². The molecule has 0 fully saturated rings. The minimum atomic E-state index is 0.628. The normalized spacial score (nSPS) is 10.0. The summed E-state index contributed by atoms with van der Waals surface area (Å²) < 4.78 is 11.1. The summed E-state index contributed by atoms with van der Waals surface area (Å²) in [5.41, 5.74) is 1.73. The molecule has 0 aliphatic rings. The number of ether oxygens (including phenoxy) is 2. The minimum absolute atomic E-state index is 0.628. The van der Waals surface area contributed by atoms with Gasteiger partial charge in [-0.15, -0.1) is 0 Å². The van der Waals surface area contributed by atoms with Gasteiger partial charge in [0.2, 0.25) is 0 Å². The summed E-state index contributed by atoms with van der Waals surface area (Å²) in [7, 11) is 3.23. The summed E-state index contributed by atoms with van der Waals surface area (Å²) in [5, 5.41) is 0. The number of nitrogens with zero attached hydrogens (tertiary/aromatic N) is 1. The summed E-state index contributed by atoms with van der Waals surface area (Å²) in [4.78, 5) is 6.93. The standard InChI is InChI=1S/C12H12N2O2S/c1-15-8-3-4-9(11(5-8)16-2)10-6-13-7-14-12(10)17/h3-7H,1-2H3,(H,13,14,17). The van der Waals surface area contributed by atoms with Gasteiger partial charge in [0.05, 0.1) is 20.5 Å². The summed E-state index contributed by atoms with van der Waals surface area (Å²) in [6.45, 7) is 0. The highest BCUT2D eigenvalue weighted by Gasteiger charge is 2.09. The number of methoxy groups -OCH3 is 2. The number of rotatable bonds is 3. The maximum atomic E-state index is 5.33. The molecule has 0 atom stereocenters. The predicted octanol–water partition coefficient (Wildman–Crippen LogP) is 2.82. The van der Waals surface area contributed by atoms with E-state index in [0.717, 1.165) is 16.9 Å². The van der Waals surface area contributed by atoms with Crippen molar-refractivity contribution in [2.75, 3.05) is 14.2 Å². The number of hydrogen-bond donors (Lipinski definition) is 1. The first-order valence-corrected chi connectivity index (χ1v) is 5.42. The predicted molar refractivity (Wildman–Crippen MR) is 68.0 cm³/mol. The topological polar surface area (TPSA) is 47.1 Å². The third kappa shape index (κ3) is 2.29. The maximum absolute atomic E-state index is 5.33. The van der Waals surface area contributed by atoms with Crippen molar-refractivity contribution in [3.8, 4) is 22.6 Å². The van der Waals surface area contributed by atoms with Gasteiger partial charge in [0, 0.05) is 23.4 Å². The molecule has 1 aromatic heterocycles. The Bertz CT molecular complexity index is 581. The van der Waals surface area contributed by atoms with Crippen molar-refractivity contribution >= 4 is 12.2 Å². The van der Waals surface area contributed by atoms with Gasteiger partial charge in [-0.1, -0.05) is 12.2 Å². The van der Waals surface area contributed by atoms with Crippen LogP contribution in [-0.2, 0) is 0 Å². The average molecular weight is 248 g/mol. The molecule has 0 saturated heterocycles. The Morgan fingerprint density at radius 3 is 2.65 bits per heavy atom. The van der Waals surface area contributed by atoms with E-state index in [1.165, 1.54) is 0 Å². The first-order chi connectivity index (χ1) is 8.26. The quantitative estimate of drug-likeness (QED) is 0.848. The lowest BCUT2D eigenvalue weighted by molar-refractivity contribution is 0.395. The molecule has 0 aliphatic heterocycles. The second-order valence-electron chi connectivity index (χ2n) is 3.36. The van der Waals surface area contributed by atoms with Crippen molar-refractivity contribution in [1.82, 2.24) is 9.97 Å². The van der Waals surface area contributed by atoms with Crippen LogP contribution in [-0.4, -0.2) is 24.2 Å². The molecular formula is C12H12N2O2S. The van der Waals surface area contributed by atoms with E-state index in [1.54, 1.807) is 26.7 Å². The molecule has 0 unspecified atom stereocenters. The highest BCUT2D eigenvalue weighted by atomic mass is 32.1. The number of aromatic nitrogens is 2. The molecule has 17 heavy (non-hydrogen) atoms. The van der Waals surface area contributed by atoms with Crippen LogP contribution < -0.4 is 9.47 Å². The molecule has 5 heteroatoms. The lowest BCUT2D eigenvalue weighted by atomic mass is 10.1. The van der Waals surface area contributed by atoms with Crippen molar-refractivity contribution in [1.29, 1.82) is 0 Å². The molecule has 2 aromatic rings. The fourth-order valence-corrected chi connectivity index (χ4v) is 1.77. The average Bonchev–Trinajstić information content (AvgIpc) is 2.38. The molecule has 1 heterocycles. The Morgan fingerprint density at radius 1 is 1.18 bits per heavy atom. The first-order valence-electron chi connectivity index (χ1n) is 5.01. The molecule has 0 radical (unpaired) electrons. The third-order valence-electron chi connectivity index (χ3n) is 2.42. The molecule has 0 bridgehead atoms. The minimum Gasteiger partial charge on any atom is -0.497 e. The molecular weight excluding hydrogens is 236 g/mol. The van der Waals surface area contributed by atoms with Gasteiger partial charge in [-0.05, 0) is 12.1 Å². The fourth-order valence-electron chi connectivity index (χ4n) is 1.56. The van der Waals surface area contributed by atoms with Crippen molar-refractivity contribution in [3.05, 3.63) is 35.4 Å². The summed E-state index contributed by atoms with van der Waals surface area (Å²) in [6.07, 6.45) is 3.27. The number of aromatic amines is 1. The molecule has 0 aliphatic carbocycles. The van der Waals surface area contributed by atoms with Gasteiger partial charge in [-0.2, -0.15) is 0 Å². The zero-order valence-electron chi connectivity index (χ0n) is 9.56. The number of H-pyrrole nitrogens is 1. The second-order valence-corrected chi connectivity index (χ2v) is 3.77. The van der Waals surface area contributed by atoms with Crippen LogP contribution in [0.3, 0.4) is 0 Å². The van der Waals surface area contributed by atoms with E-state index in [0.29, 0.717) is 10.4 Å². The smallest absolute Gasteiger partial charge is 0.130 e. The van der Waals surface area contributed by atoms with E-state index in [9.17, 15) is 0 Å². The van der Waals surface area contributed by atoms with Gasteiger partial charge in [-0.25, -0.2) is 4.98 Å². The Labute approximate surface area is 104 Å². The van der Waals surface area contributed by atoms with Crippen LogP contribution in [0.4, 0.5) is 0 Å². The maximum Gasteiger partial charge on any atom is 0.130 e. The zero-order valence-corrected chi connectivity index (χ0v) is 10.4. The largest absolute Gasteiger partial charge is 0.497 e. The fraction of sp³-hybridized carbons (Fsp3) is 0.167. The van der Waals surface area contributed by atoms with Gasteiger partial charge in [0.15, 0.2) is 0 Å². The summed E-state index contributed by atoms with van der Waals surface area (Å²) >= 11 is 5.22. The molecule has 0 saturated carbocycles. The summed E-state index contributed by atoms with van der Waals surface area (Å²) in [6, 6.07) is 5.58. The van der Waals surface area contributed by atoms with Crippen LogP contribution in [0.2, 0.25) is 0 Å². The van der Waals surface area contributed by atoms with Crippen LogP contribution in [0.15, 0.2) is 30.7 Å². The third-order valence-corrected chi connectivity index (χ3v) is 2.76. The molecule has 88 valence electrons.